The van der Waals surface area contributed by atoms with Crippen molar-refractivity contribution in [1.29, 1.82) is 5.26 Å². The van der Waals surface area contributed by atoms with Crippen molar-refractivity contribution in [2.45, 2.75) is 33.1 Å². The van der Waals surface area contributed by atoms with Crippen molar-refractivity contribution in [3.05, 3.63) is 34.9 Å². The van der Waals surface area contributed by atoms with E-state index in [-0.39, 0.29) is 5.91 Å². The number of nitrogens with zero attached hydrogens (tertiary/aromatic N) is 1. The molecule has 1 aromatic rings. The van der Waals surface area contributed by atoms with Crippen LogP contribution in [0.3, 0.4) is 0 Å². The van der Waals surface area contributed by atoms with Gasteiger partial charge in [0.2, 0.25) is 5.91 Å². The number of carbonyl (C=O) groups is 1. The van der Waals surface area contributed by atoms with Crippen molar-refractivity contribution < 1.29 is 4.79 Å². The lowest BCUT2D eigenvalue weighted by Crippen LogP contribution is -2.26. The standard InChI is InChI=1S/C14H18N2O/c1-11-5-6-13(9-12(11)2)10-14(17)16-8-4-3-7-15/h5-6,9H,3-4,8,10H2,1-2H3,(H,16,17). The summed E-state index contributed by atoms with van der Waals surface area (Å²) < 4.78 is 0. The molecule has 0 aliphatic carbocycles. The molecule has 0 saturated carbocycles. The van der Waals surface area contributed by atoms with E-state index in [9.17, 15) is 4.79 Å². The molecule has 1 N–H and O–H groups in total. The molecule has 0 saturated heterocycles. The van der Waals surface area contributed by atoms with Crippen LogP contribution in [-0.2, 0) is 11.2 Å². The third-order valence-electron chi connectivity index (χ3n) is 2.72. The maximum Gasteiger partial charge on any atom is 0.224 e. The monoisotopic (exact) mass is 230 g/mol. The molecule has 0 bridgehead atoms. The fourth-order valence-electron chi connectivity index (χ4n) is 1.56. The SMILES string of the molecule is Cc1ccc(CC(=O)NCCCC#N)cc1C. The Morgan fingerprint density at radius 3 is 2.76 bits per heavy atom. The van der Waals surface area contributed by atoms with E-state index >= 15 is 0 Å². The molecule has 1 rings (SSSR count). The minimum absolute atomic E-state index is 0.0196. The summed E-state index contributed by atoms with van der Waals surface area (Å²) in [5.41, 5.74) is 3.48. The van der Waals surface area contributed by atoms with Gasteiger partial charge in [0.05, 0.1) is 12.5 Å². The van der Waals surface area contributed by atoms with E-state index in [1.54, 1.807) is 0 Å². The third-order valence-corrected chi connectivity index (χ3v) is 2.72. The summed E-state index contributed by atoms with van der Waals surface area (Å²) in [6, 6.07) is 8.12. The molecule has 0 unspecified atom stereocenters. The van der Waals surface area contributed by atoms with Crippen LogP contribution >= 0.6 is 0 Å². The van der Waals surface area contributed by atoms with Crippen molar-refractivity contribution in [1.82, 2.24) is 5.32 Å². The Labute approximate surface area is 102 Å². The van der Waals surface area contributed by atoms with E-state index in [4.69, 9.17) is 5.26 Å². The summed E-state index contributed by atoms with van der Waals surface area (Å²) in [6.07, 6.45) is 1.62. The van der Waals surface area contributed by atoms with Crippen LogP contribution in [0.25, 0.3) is 0 Å². The Morgan fingerprint density at radius 2 is 2.12 bits per heavy atom. The fourth-order valence-corrected chi connectivity index (χ4v) is 1.56. The molecule has 0 heterocycles. The number of rotatable bonds is 5. The Morgan fingerprint density at radius 1 is 1.35 bits per heavy atom. The maximum atomic E-state index is 11.6. The van der Waals surface area contributed by atoms with Crippen LogP contribution < -0.4 is 5.32 Å². The van der Waals surface area contributed by atoms with E-state index in [0.717, 1.165) is 12.0 Å². The average molecular weight is 230 g/mol. The molecule has 0 aromatic heterocycles. The molecular weight excluding hydrogens is 212 g/mol. The van der Waals surface area contributed by atoms with Gasteiger partial charge < -0.3 is 5.32 Å². The van der Waals surface area contributed by atoms with Crippen molar-refractivity contribution in [3.8, 4) is 6.07 Å². The topological polar surface area (TPSA) is 52.9 Å². The number of amides is 1. The highest BCUT2D eigenvalue weighted by atomic mass is 16.1. The lowest BCUT2D eigenvalue weighted by atomic mass is 10.0. The van der Waals surface area contributed by atoms with Crippen molar-refractivity contribution in [2.75, 3.05) is 6.54 Å². The third kappa shape index (κ3) is 4.69. The lowest BCUT2D eigenvalue weighted by Gasteiger charge is -2.06. The smallest absolute Gasteiger partial charge is 0.224 e. The summed E-state index contributed by atoms with van der Waals surface area (Å²) >= 11 is 0. The van der Waals surface area contributed by atoms with Gasteiger partial charge in [-0.3, -0.25) is 4.79 Å². The molecule has 1 aromatic carbocycles. The van der Waals surface area contributed by atoms with E-state index in [2.05, 4.69) is 18.3 Å². The predicted octanol–water partition coefficient (Wildman–Crippen LogP) is 2.27. The van der Waals surface area contributed by atoms with Crippen molar-refractivity contribution >= 4 is 5.91 Å². The number of hydrogen-bond acceptors (Lipinski definition) is 2. The number of benzene rings is 1. The molecule has 1 amide bonds. The molecular formula is C14H18N2O. The molecule has 0 atom stereocenters. The first-order chi connectivity index (χ1) is 8.13. The van der Waals surface area contributed by atoms with Gasteiger partial charge in [-0.15, -0.1) is 0 Å². The molecule has 90 valence electrons. The zero-order valence-electron chi connectivity index (χ0n) is 10.4. The number of unbranched alkanes of at least 4 members (excludes halogenated alkanes) is 1. The largest absolute Gasteiger partial charge is 0.356 e. The highest BCUT2D eigenvalue weighted by Gasteiger charge is 2.03. The quantitative estimate of drug-likeness (QED) is 0.789. The van der Waals surface area contributed by atoms with E-state index in [1.165, 1.54) is 11.1 Å². The van der Waals surface area contributed by atoms with Gasteiger partial charge in [0.25, 0.3) is 0 Å². The lowest BCUT2D eigenvalue weighted by molar-refractivity contribution is -0.120. The number of aryl methyl sites for hydroxylation is 2. The van der Waals surface area contributed by atoms with Crippen LogP contribution in [0.4, 0.5) is 0 Å². The molecule has 3 nitrogen and oxygen atoms in total. The Bertz CT molecular complexity index is 432. The predicted molar refractivity (Wildman–Crippen MR) is 67.5 cm³/mol. The van der Waals surface area contributed by atoms with Crippen molar-refractivity contribution in [3.63, 3.8) is 0 Å². The van der Waals surface area contributed by atoms with Crippen LogP contribution in [0.15, 0.2) is 18.2 Å². The van der Waals surface area contributed by atoms with Crippen molar-refractivity contribution in [2.24, 2.45) is 0 Å². The Hall–Kier alpha value is -1.82. The van der Waals surface area contributed by atoms with Crippen LogP contribution in [0.2, 0.25) is 0 Å². The minimum Gasteiger partial charge on any atom is -0.356 e. The average Bonchev–Trinajstić information content (AvgIpc) is 2.30. The summed E-state index contributed by atoms with van der Waals surface area (Å²) in [4.78, 5) is 11.6. The number of carbonyl (C=O) groups excluding carboxylic acids is 1. The molecule has 0 spiro atoms. The summed E-state index contributed by atoms with van der Waals surface area (Å²) in [6.45, 7) is 4.68. The highest BCUT2D eigenvalue weighted by molar-refractivity contribution is 5.78. The zero-order chi connectivity index (χ0) is 12.7. The first-order valence-corrected chi connectivity index (χ1v) is 5.83. The Balaban J connectivity index is 2.40. The van der Waals surface area contributed by atoms with E-state index < -0.39 is 0 Å². The molecule has 17 heavy (non-hydrogen) atoms. The molecule has 0 aliphatic heterocycles. The molecule has 0 radical (unpaired) electrons. The summed E-state index contributed by atoms with van der Waals surface area (Å²) in [7, 11) is 0. The molecule has 0 aliphatic rings. The second kappa shape index (κ2) is 6.70. The van der Waals surface area contributed by atoms with Crippen LogP contribution in [0.5, 0.6) is 0 Å². The summed E-state index contributed by atoms with van der Waals surface area (Å²) in [5, 5.41) is 11.2. The zero-order valence-corrected chi connectivity index (χ0v) is 10.4. The van der Waals surface area contributed by atoms with Crippen LogP contribution in [0.1, 0.15) is 29.5 Å². The van der Waals surface area contributed by atoms with Gasteiger partial charge in [-0.05, 0) is 37.0 Å². The summed E-state index contributed by atoms with van der Waals surface area (Å²) in [5.74, 6) is 0.0196. The Kier molecular flexibility index (Phi) is 5.22. The highest BCUT2D eigenvalue weighted by Crippen LogP contribution is 2.10. The number of nitriles is 1. The fraction of sp³-hybridized carbons (Fsp3) is 0.429. The normalized spacial score (nSPS) is 9.71. The van der Waals surface area contributed by atoms with Gasteiger partial charge >= 0.3 is 0 Å². The van der Waals surface area contributed by atoms with Gasteiger partial charge in [0, 0.05) is 13.0 Å². The van der Waals surface area contributed by atoms with Gasteiger partial charge in [-0.2, -0.15) is 5.26 Å². The second-order valence-electron chi connectivity index (χ2n) is 4.21. The second-order valence-corrected chi connectivity index (χ2v) is 4.21. The number of hydrogen-bond donors (Lipinski definition) is 1. The van der Waals surface area contributed by atoms with E-state index in [0.29, 0.717) is 19.4 Å². The van der Waals surface area contributed by atoms with Gasteiger partial charge in [0.15, 0.2) is 0 Å². The van der Waals surface area contributed by atoms with E-state index in [1.807, 2.05) is 25.1 Å². The van der Waals surface area contributed by atoms with Gasteiger partial charge in [-0.1, -0.05) is 18.2 Å². The number of nitrogens with one attached hydrogen (secondary N) is 1. The van der Waals surface area contributed by atoms with Gasteiger partial charge in [0.1, 0.15) is 0 Å². The minimum atomic E-state index is 0.0196. The molecule has 3 heteroatoms. The molecule has 0 fully saturated rings. The van der Waals surface area contributed by atoms with Crippen LogP contribution in [0, 0.1) is 25.2 Å². The van der Waals surface area contributed by atoms with Crippen LogP contribution in [-0.4, -0.2) is 12.5 Å². The maximum absolute atomic E-state index is 11.6. The first kappa shape index (κ1) is 13.2. The van der Waals surface area contributed by atoms with Gasteiger partial charge in [-0.25, -0.2) is 0 Å². The first-order valence-electron chi connectivity index (χ1n) is 5.83.